The summed E-state index contributed by atoms with van der Waals surface area (Å²) in [5.74, 6) is 0. The first-order valence-electron chi connectivity index (χ1n) is 2.64. The Labute approximate surface area is 46.4 Å². The summed E-state index contributed by atoms with van der Waals surface area (Å²) >= 11 is 0. The van der Waals surface area contributed by atoms with Crippen molar-refractivity contribution < 1.29 is 12.6 Å². The zero-order valence-corrected chi connectivity index (χ0v) is 5.30. The van der Waals surface area contributed by atoms with Crippen molar-refractivity contribution in [2.75, 3.05) is 12.3 Å². The average Bonchev–Trinajstić information content (AvgIpc) is 1.81. The summed E-state index contributed by atoms with van der Waals surface area (Å²) in [4.78, 5) is 0. The van der Waals surface area contributed by atoms with Crippen molar-refractivity contribution in [3.63, 3.8) is 0 Å². The molecule has 0 amide bonds. The van der Waals surface area contributed by atoms with Gasteiger partial charge < -0.3 is 0 Å². The van der Waals surface area contributed by atoms with Gasteiger partial charge in [-0.2, -0.15) is 0 Å². The molecule has 0 spiro atoms. The first kappa shape index (κ1) is 6.34. The Balaban J connectivity index is 2.67. The summed E-state index contributed by atoms with van der Waals surface area (Å²) in [5.41, 5.74) is 0. The minimum absolute atomic E-state index is 0.376. The summed E-state index contributed by atoms with van der Waals surface area (Å²) in [6.07, 6.45) is -0.153. The molecular weight excluding hydrogens is 136 g/mol. The van der Waals surface area contributed by atoms with Crippen LogP contribution in [0.15, 0.2) is 0 Å². The van der Waals surface area contributed by atoms with E-state index < -0.39 is 19.9 Å². The molecule has 1 heterocycles. The number of rotatable bonds is 0. The molecule has 8 heavy (non-hydrogen) atoms. The zero-order valence-electron chi connectivity index (χ0n) is 4.41. The first-order valence-corrected chi connectivity index (χ1v) is 4.92. The molecule has 50 valence electrons. The number of hydrogen-bond acceptors (Lipinski definition) is 0. The van der Waals surface area contributed by atoms with Gasteiger partial charge in [0, 0.05) is 0 Å². The molecule has 0 aromatic heterocycles. The van der Waals surface area contributed by atoms with Crippen LogP contribution >= 0.6 is 7.54 Å². The number of hydrogen-bond donors (Lipinski definition) is 0. The van der Waals surface area contributed by atoms with Gasteiger partial charge in [0.05, 0.1) is 0 Å². The predicted octanol–water partition coefficient (Wildman–Crippen LogP) is 2.99. The van der Waals surface area contributed by atoms with Crippen molar-refractivity contribution in [3.05, 3.63) is 0 Å². The van der Waals surface area contributed by atoms with Crippen molar-refractivity contribution in [2.24, 2.45) is 0 Å². The van der Waals surface area contributed by atoms with Gasteiger partial charge in [0.25, 0.3) is 0 Å². The molecule has 0 atom stereocenters. The van der Waals surface area contributed by atoms with E-state index in [1.807, 2.05) is 0 Å². The van der Waals surface area contributed by atoms with Crippen LogP contribution in [-0.2, 0) is 0 Å². The second-order valence-electron chi connectivity index (χ2n) is 2.29. The Morgan fingerprint density at radius 2 is 1.25 bits per heavy atom. The molecule has 4 heteroatoms. The zero-order chi connectivity index (χ0) is 6.28. The SMILES string of the molecule is FP1(F)(F)CCCC1. The molecular formula is C4H8F3P. The summed E-state index contributed by atoms with van der Waals surface area (Å²) in [6, 6.07) is 0. The molecule has 0 bridgehead atoms. The van der Waals surface area contributed by atoms with Crippen LogP contribution in [0.3, 0.4) is 0 Å². The Hall–Kier alpha value is 0.220. The van der Waals surface area contributed by atoms with E-state index in [9.17, 15) is 12.6 Å². The van der Waals surface area contributed by atoms with Gasteiger partial charge in [0.15, 0.2) is 0 Å². The second kappa shape index (κ2) is 1.38. The first-order chi connectivity index (χ1) is 3.47. The van der Waals surface area contributed by atoms with E-state index in [0.717, 1.165) is 0 Å². The van der Waals surface area contributed by atoms with Crippen LogP contribution < -0.4 is 0 Å². The van der Waals surface area contributed by atoms with Gasteiger partial charge in [-0.05, 0) is 0 Å². The van der Waals surface area contributed by atoms with Crippen molar-refractivity contribution in [2.45, 2.75) is 12.8 Å². The third-order valence-corrected chi connectivity index (χ3v) is 3.67. The van der Waals surface area contributed by atoms with Crippen LogP contribution in [0.25, 0.3) is 0 Å². The van der Waals surface area contributed by atoms with Gasteiger partial charge in [-0.25, -0.2) is 0 Å². The monoisotopic (exact) mass is 144 g/mol. The van der Waals surface area contributed by atoms with E-state index in [-0.39, 0.29) is 0 Å². The third-order valence-electron chi connectivity index (χ3n) is 1.39. The standard InChI is InChI=1S/C4H8F3P/c5-8(6,7)3-1-2-4-8/h1-4H2. The van der Waals surface area contributed by atoms with Crippen LogP contribution in [0.5, 0.6) is 0 Å². The summed E-state index contributed by atoms with van der Waals surface area (Å²) in [6.45, 7) is 0. The van der Waals surface area contributed by atoms with Crippen molar-refractivity contribution >= 4 is 7.54 Å². The summed E-state index contributed by atoms with van der Waals surface area (Å²) in [5, 5.41) is 0. The molecule has 0 aliphatic carbocycles. The predicted molar refractivity (Wildman–Crippen MR) is 29.2 cm³/mol. The van der Waals surface area contributed by atoms with Crippen LogP contribution in [0.1, 0.15) is 12.8 Å². The van der Waals surface area contributed by atoms with E-state index in [1.165, 1.54) is 0 Å². The molecule has 0 N–H and O–H groups in total. The van der Waals surface area contributed by atoms with Crippen molar-refractivity contribution in [3.8, 4) is 0 Å². The molecule has 1 fully saturated rings. The molecule has 0 unspecified atom stereocenters. The molecule has 1 saturated heterocycles. The molecule has 1 rings (SSSR count). The van der Waals surface area contributed by atoms with E-state index in [1.54, 1.807) is 0 Å². The molecule has 0 saturated carbocycles. The maximum atomic E-state index is 12.1. The van der Waals surface area contributed by atoms with Crippen LogP contribution in [0, 0.1) is 0 Å². The van der Waals surface area contributed by atoms with Gasteiger partial charge >= 0.3 is 45.3 Å². The van der Waals surface area contributed by atoms with Crippen LogP contribution in [0.4, 0.5) is 12.6 Å². The third kappa shape index (κ3) is 1.35. The van der Waals surface area contributed by atoms with Gasteiger partial charge in [-0.3, -0.25) is 0 Å². The number of halogens is 3. The van der Waals surface area contributed by atoms with Crippen LogP contribution in [-0.4, -0.2) is 12.3 Å². The van der Waals surface area contributed by atoms with Gasteiger partial charge in [0.2, 0.25) is 0 Å². The average molecular weight is 144 g/mol. The summed E-state index contributed by atoms with van der Waals surface area (Å²) < 4.78 is 36.3. The van der Waals surface area contributed by atoms with Gasteiger partial charge in [0.1, 0.15) is 0 Å². The van der Waals surface area contributed by atoms with E-state index >= 15 is 0 Å². The van der Waals surface area contributed by atoms with Crippen molar-refractivity contribution in [1.29, 1.82) is 0 Å². The summed E-state index contributed by atoms with van der Waals surface area (Å²) in [7, 11) is -5.49. The van der Waals surface area contributed by atoms with E-state index in [0.29, 0.717) is 12.8 Å². The quantitative estimate of drug-likeness (QED) is 0.458. The molecule has 0 aromatic carbocycles. The molecule has 0 nitrogen and oxygen atoms in total. The second-order valence-corrected chi connectivity index (χ2v) is 5.45. The Bertz CT molecular complexity index is 93.6. The fourth-order valence-corrected chi connectivity index (χ4v) is 2.75. The molecule has 1 aliphatic heterocycles. The molecule has 1 aliphatic rings. The van der Waals surface area contributed by atoms with Gasteiger partial charge in [-0.1, -0.05) is 0 Å². The maximum absolute atomic E-state index is 12.1. The van der Waals surface area contributed by atoms with Crippen LogP contribution in [0.2, 0.25) is 0 Å². The normalized spacial score (nSPS) is 38.1. The fraction of sp³-hybridized carbons (Fsp3) is 1.00. The topological polar surface area (TPSA) is 0 Å². The molecule has 0 radical (unpaired) electrons. The van der Waals surface area contributed by atoms with Gasteiger partial charge in [-0.15, -0.1) is 0 Å². The molecule has 0 aromatic rings. The van der Waals surface area contributed by atoms with E-state index in [2.05, 4.69) is 0 Å². The van der Waals surface area contributed by atoms with Crippen molar-refractivity contribution in [1.82, 2.24) is 0 Å². The Morgan fingerprint density at radius 1 is 0.875 bits per heavy atom. The Morgan fingerprint density at radius 3 is 1.38 bits per heavy atom. The Kier molecular flexibility index (Phi) is 1.10. The minimum atomic E-state index is -5.49. The fourth-order valence-electron chi connectivity index (χ4n) is 0.918. The van der Waals surface area contributed by atoms with E-state index in [4.69, 9.17) is 0 Å².